The van der Waals surface area contributed by atoms with E-state index in [9.17, 15) is 9.90 Å². The molecular weight excluding hydrogens is 312 g/mol. The number of piperidine rings is 1. The molecule has 1 aliphatic heterocycles. The van der Waals surface area contributed by atoms with E-state index < -0.39 is 0 Å². The van der Waals surface area contributed by atoms with E-state index in [1.807, 2.05) is 47.4 Å². The number of nitrogens with zero attached hydrogens (tertiary/aromatic N) is 2. The Kier molecular flexibility index (Phi) is 4.28. The maximum Gasteiger partial charge on any atom is 0.270 e. The fraction of sp³-hybridized carbons (Fsp3) is 0.286. The monoisotopic (exact) mass is 334 g/mol. The van der Waals surface area contributed by atoms with Crippen LogP contribution in [0, 0.1) is 0 Å². The van der Waals surface area contributed by atoms with Gasteiger partial charge in [0.15, 0.2) is 0 Å². The molecule has 128 valence electrons. The Bertz CT molecular complexity index is 877. The maximum atomic E-state index is 13.1. The van der Waals surface area contributed by atoms with Crippen LogP contribution < -0.4 is 0 Å². The summed E-state index contributed by atoms with van der Waals surface area (Å²) >= 11 is 0. The third kappa shape index (κ3) is 3.17. The summed E-state index contributed by atoms with van der Waals surface area (Å²) in [5.74, 6) is 0.0547. The Labute approximate surface area is 147 Å². The zero-order valence-electron chi connectivity index (χ0n) is 14.1. The Balaban J connectivity index is 1.72. The summed E-state index contributed by atoms with van der Waals surface area (Å²) in [4.78, 5) is 15.0. The summed E-state index contributed by atoms with van der Waals surface area (Å²) in [6.07, 6.45) is 1.04. The van der Waals surface area contributed by atoms with Gasteiger partial charge in [-0.2, -0.15) is 0 Å². The van der Waals surface area contributed by atoms with E-state index in [4.69, 9.17) is 0 Å². The third-order valence-corrected chi connectivity index (χ3v) is 4.96. The number of rotatable bonds is 3. The molecule has 1 amide bonds. The minimum atomic E-state index is -0.278. The van der Waals surface area contributed by atoms with Gasteiger partial charge in [-0.1, -0.05) is 48.5 Å². The summed E-state index contributed by atoms with van der Waals surface area (Å²) in [6, 6.07) is 20.3. The van der Waals surface area contributed by atoms with E-state index in [1.165, 1.54) is 5.56 Å². The average Bonchev–Trinajstić information content (AvgIpc) is 3.01. The summed E-state index contributed by atoms with van der Waals surface area (Å²) in [7, 11) is 0. The molecule has 25 heavy (non-hydrogen) atoms. The molecule has 0 bridgehead atoms. The molecule has 1 saturated heterocycles. The van der Waals surface area contributed by atoms with Gasteiger partial charge in [-0.25, -0.2) is 0 Å². The van der Waals surface area contributed by atoms with Crippen LogP contribution in [-0.2, 0) is 6.54 Å². The van der Waals surface area contributed by atoms with Crippen LogP contribution in [0.25, 0.3) is 10.9 Å². The van der Waals surface area contributed by atoms with E-state index in [2.05, 4.69) is 22.8 Å². The van der Waals surface area contributed by atoms with Crippen molar-refractivity contribution in [3.8, 4) is 0 Å². The first kappa shape index (κ1) is 15.9. The van der Waals surface area contributed by atoms with Gasteiger partial charge in [0.05, 0.1) is 6.10 Å². The normalized spacial score (nSPS) is 15.6. The lowest BCUT2D eigenvalue weighted by atomic mass is 10.1. The van der Waals surface area contributed by atoms with Crippen LogP contribution in [0.15, 0.2) is 60.7 Å². The van der Waals surface area contributed by atoms with Crippen molar-refractivity contribution < 1.29 is 9.90 Å². The molecule has 2 aromatic carbocycles. The number of aromatic nitrogens is 1. The van der Waals surface area contributed by atoms with Gasteiger partial charge in [-0.15, -0.1) is 0 Å². The van der Waals surface area contributed by atoms with Crippen LogP contribution in [-0.4, -0.2) is 39.7 Å². The van der Waals surface area contributed by atoms with Crippen LogP contribution in [0.1, 0.15) is 28.9 Å². The van der Waals surface area contributed by atoms with Crippen molar-refractivity contribution in [1.82, 2.24) is 9.47 Å². The highest BCUT2D eigenvalue weighted by Crippen LogP contribution is 2.24. The lowest BCUT2D eigenvalue weighted by molar-refractivity contribution is 0.0538. The first-order valence-electron chi connectivity index (χ1n) is 8.82. The second kappa shape index (κ2) is 6.73. The molecule has 1 fully saturated rings. The van der Waals surface area contributed by atoms with Gasteiger partial charge in [-0.05, 0) is 30.5 Å². The van der Waals surface area contributed by atoms with E-state index in [0.29, 0.717) is 32.5 Å². The van der Waals surface area contributed by atoms with Crippen molar-refractivity contribution in [3.05, 3.63) is 71.9 Å². The van der Waals surface area contributed by atoms with Crippen LogP contribution in [0.3, 0.4) is 0 Å². The zero-order valence-corrected chi connectivity index (χ0v) is 14.1. The summed E-state index contributed by atoms with van der Waals surface area (Å²) in [5, 5.41) is 10.8. The largest absolute Gasteiger partial charge is 0.393 e. The number of carbonyl (C=O) groups is 1. The van der Waals surface area contributed by atoms with Crippen LogP contribution in [0.2, 0.25) is 0 Å². The smallest absolute Gasteiger partial charge is 0.270 e. The number of carbonyl (C=O) groups excluding carboxylic acids is 1. The van der Waals surface area contributed by atoms with E-state index in [-0.39, 0.29) is 12.0 Å². The second-order valence-electron chi connectivity index (χ2n) is 6.68. The first-order valence-corrected chi connectivity index (χ1v) is 8.82. The number of fused-ring (bicyclic) bond motifs is 1. The van der Waals surface area contributed by atoms with Crippen LogP contribution in [0.5, 0.6) is 0 Å². The molecule has 4 rings (SSSR count). The fourth-order valence-electron chi connectivity index (χ4n) is 3.55. The van der Waals surface area contributed by atoms with Gasteiger partial charge >= 0.3 is 0 Å². The molecule has 0 saturated carbocycles. The maximum absolute atomic E-state index is 13.1. The summed E-state index contributed by atoms with van der Waals surface area (Å²) in [6.45, 7) is 1.91. The lowest BCUT2D eigenvalue weighted by Gasteiger charge is -2.30. The van der Waals surface area contributed by atoms with Crippen molar-refractivity contribution in [2.75, 3.05) is 13.1 Å². The molecule has 2 heterocycles. The summed E-state index contributed by atoms with van der Waals surface area (Å²) in [5.41, 5.74) is 2.97. The molecule has 0 aliphatic carbocycles. The minimum Gasteiger partial charge on any atom is -0.393 e. The molecule has 0 unspecified atom stereocenters. The molecule has 0 atom stereocenters. The average molecular weight is 334 g/mol. The van der Waals surface area contributed by atoms with E-state index in [0.717, 1.165) is 16.6 Å². The van der Waals surface area contributed by atoms with Crippen molar-refractivity contribution in [3.63, 3.8) is 0 Å². The van der Waals surface area contributed by atoms with E-state index >= 15 is 0 Å². The Hall–Kier alpha value is -2.59. The van der Waals surface area contributed by atoms with Gasteiger partial charge in [0.1, 0.15) is 5.69 Å². The highest BCUT2D eigenvalue weighted by molar-refractivity contribution is 5.98. The van der Waals surface area contributed by atoms with Crippen molar-refractivity contribution in [1.29, 1.82) is 0 Å². The molecule has 0 radical (unpaired) electrons. The molecule has 4 heteroatoms. The predicted molar refractivity (Wildman–Crippen MR) is 98.6 cm³/mol. The van der Waals surface area contributed by atoms with Crippen molar-refractivity contribution >= 4 is 16.8 Å². The highest BCUT2D eigenvalue weighted by Gasteiger charge is 2.25. The lowest BCUT2D eigenvalue weighted by Crippen LogP contribution is -2.40. The molecule has 1 N–H and O–H groups in total. The minimum absolute atomic E-state index is 0.0547. The standard InChI is InChI=1S/C21H22N2O2/c24-18-10-12-22(13-11-18)21(25)20-14-17-8-4-5-9-19(17)23(20)15-16-6-2-1-3-7-16/h1-9,14,18,24H,10-13,15H2. The molecule has 1 aliphatic rings. The predicted octanol–water partition coefficient (Wildman–Crippen LogP) is 3.29. The number of benzene rings is 2. The van der Waals surface area contributed by atoms with Gasteiger partial charge in [0.2, 0.25) is 0 Å². The number of aliphatic hydroxyl groups is 1. The molecule has 3 aromatic rings. The van der Waals surface area contributed by atoms with Crippen LogP contribution in [0.4, 0.5) is 0 Å². The number of likely N-dealkylation sites (tertiary alicyclic amines) is 1. The topological polar surface area (TPSA) is 45.5 Å². The molecule has 4 nitrogen and oxygen atoms in total. The summed E-state index contributed by atoms with van der Waals surface area (Å²) < 4.78 is 2.11. The van der Waals surface area contributed by atoms with Gasteiger partial charge in [-0.3, -0.25) is 4.79 Å². The SMILES string of the molecule is O=C(c1cc2ccccc2n1Cc1ccccc1)N1CCC(O)CC1. The highest BCUT2D eigenvalue weighted by atomic mass is 16.3. The van der Waals surface area contributed by atoms with Gasteiger partial charge < -0.3 is 14.6 Å². The van der Waals surface area contributed by atoms with E-state index in [1.54, 1.807) is 0 Å². The number of hydrogen-bond acceptors (Lipinski definition) is 2. The first-order chi connectivity index (χ1) is 12.2. The quantitative estimate of drug-likeness (QED) is 0.799. The third-order valence-electron chi connectivity index (χ3n) is 4.96. The zero-order chi connectivity index (χ0) is 17.2. The van der Waals surface area contributed by atoms with Crippen molar-refractivity contribution in [2.24, 2.45) is 0 Å². The number of aliphatic hydroxyl groups excluding tert-OH is 1. The Morgan fingerprint density at radius 2 is 1.68 bits per heavy atom. The number of amides is 1. The molecule has 1 aromatic heterocycles. The van der Waals surface area contributed by atoms with Gasteiger partial charge in [0.25, 0.3) is 5.91 Å². The molecular formula is C21H22N2O2. The second-order valence-corrected chi connectivity index (χ2v) is 6.68. The van der Waals surface area contributed by atoms with Crippen LogP contribution >= 0.6 is 0 Å². The number of para-hydroxylation sites is 1. The van der Waals surface area contributed by atoms with Crippen molar-refractivity contribution in [2.45, 2.75) is 25.5 Å². The molecule has 0 spiro atoms. The number of hydrogen-bond donors (Lipinski definition) is 1. The fourth-order valence-corrected chi connectivity index (χ4v) is 3.55. The Morgan fingerprint density at radius 1 is 1.00 bits per heavy atom. The van der Waals surface area contributed by atoms with Gasteiger partial charge in [0, 0.05) is 30.5 Å². The Morgan fingerprint density at radius 3 is 2.44 bits per heavy atom.